The number of H-pyrrole nitrogens is 1. The largest absolute Gasteiger partial charge is 0.416 e. The number of sulfonamides is 2. The van der Waals surface area contributed by atoms with Crippen LogP contribution in [-0.4, -0.2) is 115 Å². The summed E-state index contributed by atoms with van der Waals surface area (Å²) in [4.78, 5) is 30.7. The van der Waals surface area contributed by atoms with Gasteiger partial charge in [0.25, 0.3) is 5.56 Å². The first-order chi connectivity index (χ1) is 24.8. The number of imidazole rings is 1. The summed E-state index contributed by atoms with van der Waals surface area (Å²) >= 11 is 0. The fraction of sp³-hybridized carbons (Fsp3) is 0.600. The minimum Gasteiger partial charge on any atom is -0.416 e. The zero-order chi connectivity index (χ0) is 38.3. The molecule has 0 radical (unpaired) electrons. The van der Waals surface area contributed by atoms with E-state index in [1.54, 1.807) is 16.8 Å². The third-order valence-corrected chi connectivity index (χ3v) is 18.9. The minimum absolute atomic E-state index is 0.0297. The molecule has 4 aromatic rings. The predicted octanol–water partition coefficient (Wildman–Crippen LogP) is 3.10. The Hall–Kier alpha value is -3.26. The summed E-state index contributed by atoms with van der Waals surface area (Å²) in [7, 11) is -9.10. The zero-order valence-corrected chi connectivity index (χ0v) is 34.1. The molecule has 2 aliphatic rings. The van der Waals surface area contributed by atoms with Crippen LogP contribution in [0, 0.1) is 5.92 Å². The number of fused-ring (bicyclic) bond motifs is 2. The second kappa shape index (κ2) is 15.1. The third kappa shape index (κ3) is 9.17. The second-order valence-corrected chi connectivity index (χ2v) is 24.9. The first-order valence-corrected chi connectivity index (χ1v) is 24.6. The monoisotopic (exact) mass is 787 g/mol. The number of anilines is 1. The Morgan fingerprint density at radius 2 is 1.74 bits per heavy atom. The van der Waals surface area contributed by atoms with Crippen molar-refractivity contribution in [3.63, 3.8) is 0 Å². The first kappa shape index (κ1) is 39.4. The van der Waals surface area contributed by atoms with E-state index in [2.05, 4.69) is 49.1 Å². The Balaban J connectivity index is 1.21. The number of aromatic nitrogens is 5. The van der Waals surface area contributed by atoms with Gasteiger partial charge in [0.1, 0.15) is 11.5 Å². The average Bonchev–Trinajstić information content (AvgIpc) is 3.48. The van der Waals surface area contributed by atoms with Crippen molar-refractivity contribution in [2.75, 3.05) is 50.1 Å². The van der Waals surface area contributed by atoms with Crippen molar-refractivity contribution in [3.8, 4) is 0 Å². The van der Waals surface area contributed by atoms with Crippen molar-refractivity contribution in [2.45, 2.75) is 83.2 Å². The van der Waals surface area contributed by atoms with Crippen LogP contribution in [0.25, 0.3) is 22.1 Å². The number of pyridine rings is 1. The molecule has 2 saturated heterocycles. The molecular weight excluding hydrogens is 735 g/mol. The summed E-state index contributed by atoms with van der Waals surface area (Å²) in [5.74, 6) is 0.275. The molecule has 0 spiro atoms. The molecule has 2 atom stereocenters. The lowest BCUT2D eigenvalue weighted by molar-refractivity contribution is 0.257. The Bertz CT molecular complexity index is 2230. The van der Waals surface area contributed by atoms with Crippen LogP contribution >= 0.6 is 0 Å². The molecule has 18 heteroatoms. The standard InChI is InChI=1S/C35H53N9O6S2Si/c1-35(2,3)53(5,6)50-18-14-31-38-29-9-7-24(19-30(29)39-31)21-44-32(45)10-8-25-20-37-34(41-33(25)44)40-28-13-17-43(51(4,46)47)22-26(28)23-52(48,49)42-15-11-27(36)12-16-42/h7-10,19-20,26-28H,11-18,21-23,36H2,1-6H3,(H,38,39)(H,37,40,41). The number of benzene rings is 1. The molecular formula is C35H53N9O6S2Si. The van der Waals surface area contributed by atoms with E-state index in [0.717, 1.165) is 28.7 Å². The number of nitrogens with zero attached hydrogens (tertiary/aromatic N) is 6. The van der Waals surface area contributed by atoms with Crippen molar-refractivity contribution >= 4 is 56.4 Å². The second-order valence-electron chi connectivity index (χ2n) is 16.1. The number of hydrogen-bond acceptors (Lipinski definition) is 11. The van der Waals surface area contributed by atoms with E-state index in [0.29, 0.717) is 56.4 Å². The molecule has 290 valence electrons. The van der Waals surface area contributed by atoms with Crippen LogP contribution in [0.15, 0.2) is 41.3 Å². The van der Waals surface area contributed by atoms with Gasteiger partial charge in [-0.25, -0.2) is 35.4 Å². The van der Waals surface area contributed by atoms with Crippen molar-refractivity contribution < 1.29 is 21.3 Å². The number of piperidine rings is 2. The summed E-state index contributed by atoms with van der Waals surface area (Å²) in [6.45, 7) is 12.9. The highest BCUT2D eigenvalue weighted by Crippen LogP contribution is 2.36. The number of rotatable bonds is 12. The molecule has 0 aliphatic carbocycles. The van der Waals surface area contributed by atoms with E-state index >= 15 is 0 Å². The Morgan fingerprint density at radius 1 is 1.02 bits per heavy atom. The summed E-state index contributed by atoms with van der Waals surface area (Å²) in [6.07, 6.45) is 4.95. The summed E-state index contributed by atoms with van der Waals surface area (Å²) in [5.41, 5.74) is 8.78. The lowest BCUT2D eigenvalue weighted by Gasteiger charge is -2.39. The summed E-state index contributed by atoms with van der Waals surface area (Å²) in [6, 6.07) is 8.58. The highest BCUT2D eigenvalue weighted by atomic mass is 32.2. The smallest absolute Gasteiger partial charge is 0.252 e. The van der Waals surface area contributed by atoms with Crippen LogP contribution in [0.4, 0.5) is 5.95 Å². The van der Waals surface area contributed by atoms with Gasteiger partial charge in [0, 0.05) is 74.9 Å². The van der Waals surface area contributed by atoms with E-state index in [9.17, 15) is 21.6 Å². The maximum atomic E-state index is 13.6. The topological polar surface area (TPSA) is 198 Å². The van der Waals surface area contributed by atoms with Crippen LogP contribution in [0.1, 0.15) is 51.4 Å². The normalized spacial score (nSPS) is 20.4. The fourth-order valence-electron chi connectivity index (χ4n) is 6.78. The van der Waals surface area contributed by atoms with Crippen LogP contribution in [0.2, 0.25) is 18.1 Å². The van der Waals surface area contributed by atoms with Crippen molar-refractivity contribution in [1.82, 2.24) is 33.1 Å². The van der Waals surface area contributed by atoms with Crippen LogP contribution in [0.5, 0.6) is 0 Å². The van der Waals surface area contributed by atoms with E-state index in [4.69, 9.17) is 20.1 Å². The van der Waals surface area contributed by atoms with Gasteiger partial charge in [-0.3, -0.25) is 9.36 Å². The van der Waals surface area contributed by atoms with Crippen molar-refractivity contribution in [2.24, 2.45) is 11.7 Å². The maximum absolute atomic E-state index is 13.6. The molecule has 2 aliphatic heterocycles. The highest BCUT2D eigenvalue weighted by Gasteiger charge is 2.39. The lowest BCUT2D eigenvalue weighted by Crippen LogP contribution is -2.52. The van der Waals surface area contributed by atoms with E-state index in [1.807, 2.05) is 18.2 Å². The van der Waals surface area contributed by atoms with Crippen LogP contribution < -0.4 is 16.6 Å². The summed E-state index contributed by atoms with van der Waals surface area (Å²) in [5, 5.41) is 4.11. The molecule has 6 rings (SSSR count). The van der Waals surface area contributed by atoms with E-state index in [-0.39, 0.29) is 48.0 Å². The van der Waals surface area contributed by atoms with Gasteiger partial charge in [0.15, 0.2) is 8.32 Å². The number of nitrogens with two attached hydrogens (primary N) is 1. The molecule has 0 amide bonds. The lowest BCUT2D eigenvalue weighted by atomic mass is 9.95. The van der Waals surface area contributed by atoms with Crippen molar-refractivity contribution in [1.29, 1.82) is 0 Å². The fourth-order valence-corrected chi connectivity index (χ4v) is 10.6. The molecule has 2 unspecified atom stereocenters. The van der Waals surface area contributed by atoms with Gasteiger partial charge in [-0.15, -0.1) is 0 Å². The number of aromatic amines is 1. The zero-order valence-electron chi connectivity index (χ0n) is 31.5. The van der Waals surface area contributed by atoms with Gasteiger partial charge in [-0.1, -0.05) is 26.8 Å². The maximum Gasteiger partial charge on any atom is 0.252 e. The van der Waals surface area contributed by atoms with Crippen LogP contribution in [-0.2, 0) is 37.4 Å². The Labute approximate surface area is 313 Å². The predicted molar refractivity (Wildman–Crippen MR) is 210 cm³/mol. The molecule has 3 aromatic heterocycles. The number of hydrogen-bond donors (Lipinski definition) is 3. The van der Waals surface area contributed by atoms with E-state index < -0.39 is 40.3 Å². The molecule has 0 bridgehead atoms. The van der Waals surface area contributed by atoms with E-state index in [1.165, 1.54) is 14.7 Å². The van der Waals surface area contributed by atoms with Gasteiger partial charge < -0.3 is 20.5 Å². The Kier molecular flexibility index (Phi) is 11.2. The first-order valence-electron chi connectivity index (χ1n) is 18.2. The van der Waals surface area contributed by atoms with Crippen molar-refractivity contribution in [3.05, 3.63) is 58.3 Å². The summed E-state index contributed by atoms with van der Waals surface area (Å²) < 4.78 is 62.9. The highest BCUT2D eigenvalue weighted by molar-refractivity contribution is 7.89. The molecule has 5 heterocycles. The molecule has 4 N–H and O–H groups in total. The van der Waals surface area contributed by atoms with Gasteiger partial charge in [0.05, 0.1) is 29.6 Å². The quantitative estimate of drug-likeness (QED) is 0.178. The van der Waals surface area contributed by atoms with Crippen LogP contribution in [0.3, 0.4) is 0 Å². The molecule has 0 saturated carbocycles. The molecule has 2 fully saturated rings. The molecule has 53 heavy (non-hydrogen) atoms. The Morgan fingerprint density at radius 3 is 2.43 bits per heavy atom. The van der Waals surface area contributed by atoms with Gasteiger partial charge in [0.2, 0.25) is 26.0 Å². The molecule has 1 aromatic carbocycles. The molecule has 15 nitrogen and oxygen atoms in total. The minimum atomic E-state index is -3.69. The third-order valence-electron chi connectivity index (χ3n) is 11.1. The average molecular weight is 788 g/mol. The van der Waals surface area contributed by atoms with Gasteiger partial charge >= 0.3 is 0 Å². The number of nitrogens with one attached hydrogen (secondary N) is 2. The SMILES string of the molecule is CC(C)(C)[Si](C)(C)OCCc1nc2ccc(Cn3c(=O)ccc4cnc(NC5CCN(S(C)(=O)=O)CC5CS(=O)(=O)N5CCC(N)CC5)nc43)cc2[nH]1. The van der Waals surface area contributed by atoms with Gasteiger partial charge in [-0.2, -0.15) is 4.98 Å². The van der Waals surface area contributed by atoms with Gasteiger partial charge in [-0.05, 0) is 61.2 Å².